The molecule has 0 fully saturated rings. The van der Waals surface area contributed by atoms with Gasteiger partial charge in [-0.3, -0.25) is 4.79 Å². The number of aliphatic hydroxyl groups excluding tert-OH is 1. The summed E-state index contributed by atoms with van der Waals surface area (Å²) in [5, 5.41) is 17.2. The minimum Gasteiger partial charge on any atom is -0.490 e. The van der Waals surface area contributed by atoms with Crippen LogP contribution in [0.5, 0.6) is 5.75 Å². The van der Waals surface area contributed by atoms with Gasteiger partial charge in [-0.2, -0.15) is 0 Å². The minimum atomic E-state index is -0.985. The summed E-state index contributed by atoms with van der Waals surface area (Å²) in [6.45, 7) is 6.65. The molecule has 7 heteroatoms. The van der Waals surface area contributed by atoms with E-state index in [1.165, 1.54) is 17.7 Å². The summed E-state index contributed by atoms with van der Waals surface area (Å²) in [5.74, 6) is -1.31. The van der Waals surface area contributed by atoms with Crippen molar-refractivity contribution in [1.29, 1.82) is 0 Å². The zero-order valence-corrected chi connectivity index (χ0v) is 22.1. The molecule has 0 radical (unpaired) electrons. The van der Waals surface area contributed by atoms with Gasteiger partial charge in [-0.1, -0.05) is 43.3 Å². The third-order valence-electron chi connectivity index (χ3n) is 7.07. The summed E-state index contributed by atoms with van der Waals surface area (Å²) in [4.78, 5) is 13.3. The van der Waals surface area contributed by atoms with Gasteiger partial charge in [0.05, 0.1) is 18.1 Å². The Kier molecular flexibility index (Phi) is 9.13. The molecule has 5 nitrogen and oxygen atoms in total. The second-order valence-corrected chi connectivity index (χ2v) is 10.2. The zero-order valence-electron chi connectivity index (χ0n) is 22.1. The molecule has 0 bridgehead atoms. The molecule has 0 aromatic heterocycles. The lowest BCUT2D eigenvalue weighted by Crippen LogP contribution is -2.49. The maximum absolute atomic E-state index is 13.9. The van der Waals surface area contributed by atoms with E-state index in [0.29, 0.717) is 12.1 Å². The largest absolute Gasteiger partial charge is 0.490 e. The van der Waals surface area contributed by atoms with Gasteiger partial charge >= 0.3 is 0 Å². The normalized spacial score (nSPS) is 16.8. The molecule has 0 saturated heterocycles. The molecular formula is C31H36F2N2O3. The van der Waals surface area contributed by atoms with Crippen molar-refractivity contribution in [3.63, 3.8) is 0 Å². The van der Waals surface area contributed by atoms with Gasteiger partial charge < -0.3 is 20.5 Å². The van der Waals surface area contributed by atoms with E-state index in [1.54, 1.807) is 6.92 Å². The first-order valence-corrected chi connectivity index (χ1v) is 13.2. The molecule has 1 amide bonds. The van der Waals surface area contributed by atoms with Crippen molar-refractivity contribution in [3.05, 3.63) is 100 Å². The number of carbonyl (C=O) groups excluding carboxylic acids is 1. The number of nitrogens with one attached hydrogen (secondary N) is 2. The lowest BCUT2D eigenvalue weighted by molar-refractivity contribution is -0.123. The van der Waals surface area contributed by atoms with E-state index in [-0.39, 0.29) is 25.0 Å². The first-order valence-electron chi connectivity index (χ1n) is 13.2. The zero-order chi connectivity index (χ0) is 27.2. The summed E-state index contributed by atoms with van der Waals surface area (Å²) >= 11 is 0. The average Bonchev–Trinajstić information content (AvgIpc) is 3.26. The summed E-state index contributed by atoms with van der Waals surface area (Å²) < 4.78 is 33.5. The van der Waals surface area contributed by atoms with Gasteiger partial charge in [0.2, 0.25) is 5.91 Å². The summed E-state index contributed by atoms with van der Waals surface area (Å²) in [6, 6.07) is 16.4. The molecule has 202 valence electrons. The molecular weight excluding hydrogens is 486 g/mol. The van der Waals surface area contributed by atoms with Crippen LogP contribution in [0.25, 0.3) is 0 Å². The molecule has 1 aliphatic rings. The molecule has 3 aromatic rings. The van der Waals surface area contributed by atoms with E-state index >= 15 is 0 Å². The van der Waals surface area contributed by atoms with Gasteiger partial charge in [0.25, 0.3) is 0 Å². The summed E-state index contributed by atoms with van der Waals surface area (Å²) in [6.07, 6.45) is 0.922. The number of halogens is 2. The molecule has 4 rings (SSSR count). The number of carbonyl (C=O) groups is 1. The number of aryl methyl sites for hydroxylation is 1. The van der Waals surface area contributed by atoms with Crippen LogP contribution in [0.15, 0.2) is 60.7 Å². The van der Waals surface area contributed by atoms with Crippen molar-refractivity contribution >= 4 is 5.91 Å². The van der Waals surface area contributed by atoms with Crippen LogP contribution in [0, 0.1) is 11.6 Å². The number of rotatable bonds is 11. The van der Waals surface area contributed by atoms with Crippen LogP contribution < -0.4 is 15.4 Å². The quantitative estimate of drug-likeness (QED) is 0.337. The highest BCUT2D eigenvalue weighted by molar-refractivity contribution is 5.83. The van der Waals surface area contributed by atoms with Gasteiger partial charge in [0.15, 0.2) is 0 Å². The van der Waals surface area contributed by atoms with Crippen molar-refractivity contribution in [1.82, 2.24) is 10.6 Å². The van der Waals surface area contributed by atoms with Crippen LogP contribution in [0.4, 0.5) is 8.78 Å². The van der Waals surface area contributed by atoms with Crippen LogP contribution in [0.2, 0.25) is 0 Å². The van der Waals surface area contributed by atoms with Crippen molar-refractivity contribution in [3.8, 4) is 5.75 Å². The standard InChI is InChI=1S/C31H36F2N2O3/c1-4-21-6-5-7-22(11-21)17-34-18-29(36)28(14-23-12-26(32)16-27(33)13-23)35-31(37)20(3)24-8-9-30-25(15-24)10-19(2)38-30/h5-9,11-13,15-16,19-20,28-29,34,36H,4,10,14,17-18H2,1-3H3,(H,35,37)/t19?,20?,28-,29-/m0/s1. The second-order valence-electron chi connectivity index (χ2n) is 10.2. The molecule has 1 aliphatic heterocycles. The van der Waals surface area contributed by atoms with Crippen molar-refractivity contribution in [2.45, 2.75) is 70.7 Å². The van der Waals surface area contributed by atoms with E-state index in [9.17, 15) is 18.7 Å². The molecule has 0 saturated carbocycles. The first kappa shape index (κ1) is 27.7. The number of hydrogen-bond acceptors (Lipinski definition) is 4. The highest BCUT2D eigenvalue weighted by atomic mass is 19.1. The average molecular weight is 523 g/mol. The predicted molar refractivity (Wildman–Crippen MR) is 144 cm³/mol. The van der Waals surface area contributed by atoms with Gasteiger partial charge in [-0.15, -0.1) is 0 Å². The molecule has 2 unspecified atom stereocenters. The van der Waals surface area contributed by atoms with Gasteiger partial charge in [-0.05, 0) is 72.7 Å². The summed E-state index contributed by atoms with van der Waals surface area (Å²) in [5.41, 5.74) is 4.59. The fraction of sp³-hybridized carbons (Fsp3) is 0.387. The number of fused-ring (bicyclic) bond motifs is 1. The minimum absolute atomic E-state index is 0.0802. The molecule has 3 aromatic carbocycles. The molecule has 38 heavy (non-hydrogen) atoms. The number of benzene rings is 3. The van der Waals surface area contributed by atoms with Crippen molar-refractivity contribution in [2.75, 3.05) is 6.54 Å². The highest BCUT2D eigenvalue weighted by Gasteiger charge is 2.27. The SMILES string of the molecule is CCc1cccc(CNC[C@H](O)[C@H](Cc2cc(F)cc(F)c2)NC(=O)C(C)c2ccc3c(c2)CC(C)O3)c1. The highest BCUT2D eigenvalue weighted by Crippen LogP contribution is 2.31. The fourth-order valence-electron chi connectivity index (χ4n) is 4.90. The van der Waals surface area contributed by atoms with Crippen LogP contribution in [-0.4, -0.2) is 35.8 Å². The van der Waals surface area contributed by atoms with Gasteiger partial charge in [0, 0.05) is 25.6 Å². The molecule has 4 atom stereocenters. The Morgan fingerprint density at radius 3 is 2.53 bits per heavy atom. The van der Waals surface area contributed by atoms with E-state index < -0.39 is 29.7 Å². The summed E-state index contributed by atoms with van der Waals surface area (Å²) in [7, 11) is 0. The van der Waals surface area contributed by atoms with Crippen LogP contribution >= 0.6 is 0 Å². The lowest BCUT2D eigenvalue weighted by atomic mass is 9.95. The van der Waals surface area contributed by atoms with Crippen molar-refractivity contribution < 1.29 is 23.4 Å². The van der Waals surface area contributed by atoms with E-state index in [2.05, 4.69) is 29.7 Å². The van der Waals surface area contributed by atoms with Crippen LogP contribution in [0.1, 0.15) is 54.5 Å². The number of ether oxygens (including phenoxy) is 1. The molecule has 3 N–H and O–H groups in total. The Hall–Kier alpha value is -3.29. The van der Waals surface area contributed by atoms with E-state index in [1.807, 2.05) is 37.3 Å². The Balaban J connectivity index is 1.45. The molecule has 0 aliphatic carbocycles. The Morgan fingerprint density at radius 2 is 1.79 bits per heavy atom. The topological polar surface area (TPSA) is 70.6 Å². The Labute approximate surface area is 223 Å². The number of amides is 1. The number of aliphatic hydroxyl groups is 1. The van der Waals surface area contributed by atoms with E-state index in [4.69, 9.17) is 4.74 Å². The predicted octanol–water partition coefficient (Wildman–Crippen LogP) is 4.83. The maximum Gasteiger partial charge on any atom is 0.227 e. The smallest absolute Gasteiger partial charge is 0.227 e. The molecule has 1 heterocycles. The van der Waals surface area contributed by atoms with E-state index in [0.717, 1.165) is 41.3 Å². The monoisotopic (exact) mass is 522 g/mol. The third-order valence-corrected chi connectivity index (χ3v) is 7.07. The Morgan fingerprint density at radius 1 is 1.05 bits per heavy atom. The fourth-order valence-corrected chi connectivity index (χ4v) is 4.90. The maximum atomic E-state index is 13.9. The van der Waals surface area contributed by atoms with Gasteiger partial charge in [-0.25, -0.2) is 8.78 Å². The van der Waals surface area contributed by atoms with Crippen LogP contribution in [-0.2, 0) is 30.6 Å². The molecule has 0 spiro atoms. The second kappa shape index (κ2) is 12.5. The third kappa shape index (κ3) is 7.17. The van der Waals surface area contributed by atoms with Gasteiger partial charge in [0.1, 0.15) is 23.5 Å². The first-order chi connectivity index (χ1) is 18.2. The Bertz CT molecular complexity index is 1250. The number of hydrogen-bond donors (Lipinski definition) is 3. The lowest BCUT2D eigenvalue weighted by Gasteiger charge is -2.26. The van der Waals surface area contributed by atoms with Crippen LogP contribution in [0.3, 0.4) is 0 Å². The van der Waals surface area contributed by atoms with Crippen molar-refractivity contribution in [2.24, 2.45) is 0 Å².